The molecule has 158 valence electrons. The highest BCUT2D eigenvalue weighted by Gasteiger charge is 2.25. The summed E-state index contributed by atoms with van der Waals surface area (Å²) in [6.45, 7) is 0. The molecule has 11 heteroatoms. The molecule has 9 nitrogen and oxygen atoms in total. The molecule has 3 aromatic heterocycles. The van der Waals surface area contributed by atoms with Crippen molar-refractivity contribution < 1.29 is 14.0 Å². The summed E-state index contributed by atoms with van der Waals surface area (Å²) in [4.78, 5) is 44.6. The molecule has 0 radical (unpaired) electrons. The van der Waals surface area contributed by atoms with E-state index in [2.05, 4.69) is 15.3 Å². The lowest BCUT2D eigenvalue weighted by Gasteiger charge is -2.11. The van der Waals surface area contributed by atoms with Crippen molar-refractivity contribution in [3.63, 3.8) is 0 Å². The van der Waals surface area contributed by atoms with E-state index >= 15 is 0 Å². The second-order valence-electron chi connectivity index (χ2n) is 6.80. The topological polar surface area (TPSA) is 155 Å². The molecule has 0 saturated carbocycles. The fourth-order valence-corrected chi connectivity index (χ4v) is 5.40. The average molecular weight is 456 g/mol. The van der Waals surface area contributed by atoms with E-state index in [1.54, 1.807) is 12.1 Å². The molecule has 4 rings (SSSR count). The Balaban J connectivity index is 1.52. The lowest BCUT2D eigenvalue weighted by Crippen LogP contribution is -2.20. The standard InChI is InChI=1S/C20H17N5O4S2/c21-8-11-16(12-5-3-7-29-12)24-20(25-18(11)28)30-9-14(26)23-19-15(17(22)27)10-4-1-2-6-13(10)31-19/h3,5,7H,1-2,4,6,9H2,(H2,22,27)(H,23,26)(H,24,25,28). The minimum atomic E-state index is -0.617. The van der Waals surface area contributed by atoms with E-state index < -0.39 is 11.5 Å². The van der Waals surface area contributed by atoms with Crippen LogP contribution in [0, 0.1) is 11.3 Å². The summed E-state index contributed by atoms with van der Waals surface area (Å²) in [5.74, 6) is -0.696. The molecule has 0 unspecified atom stereocenters. The molecule has 0 aliphatic heterocycles. The summed E-state index contributed by atoms with van der Waals surface area (Å²) in [5, 5.41) is 12.7. The van der Waals surface area contributed by atoms with Gasteiger partial charge in [0.15, 0.2) is 10.9 Å². The average Bonchev–Trinajstić information content (AvgIpc) is 3.39. The third-order valence-corrected chi connectivity index (χ3v) is 6.86. The van der Waals surface area contributed by atoms with E-state index in [-0.39, 0.29) is 33.8 Å². The molecule has 0 fully saturated rings. The lowest BCUT2D eigenvalue weighted by atomic mass is 9.95. The van der Waals surface area contributed by atoms with Gasteiger partial charge >= 0.3 is 0 Å². The van der Waals surface area contributed by atoms with Crippen LogP contribution < -0.4 is 16.6 Å². The summed E-state index contributed by atoms with van der Waals surface area (Å²) in [5.41, 5.74) is 6.21. The smallest absolute Gasteiger partial charge is 0.270 e. The number of carbonyl (C=O) groups excluding carboxylic acids is 2. The van der Waals surface area contributed by atoms with Crippen LogP contribution in [0.25, 0.3) is 11.5 Å². The largest absolute Gasteiger partial charge is 0.463 e. The number of nitrogens with zero attached hydrogens (tertiary/aromatic N) is 2. The summed E-state index contributed by atoms with van der Waals surface area (Å²) >= 11 is 2.38. The van der Waals surface area contributed by atoms with Crippen LogP contribution in [0.5, 0.6) is 0 Å². The Bertz CT molecular complexity index is 1250. The zero-order valence-electron chi connectivity index (χ0n) is 16.2. The van der Waals surface area contributed by atoms with Crippen molar-refractivity contribution in [2.75, 3.05) is 11.1 Å². The summed E-state index contributed by atoms with van der Waals surface area (Å²) in [6.07, 6.45) is 5.10. The predicted molar refractivity (Wildman–Crippen MR) is 116 cm³/mol. The van der Waals surface area contributed by atoms with Gasteiger partial charge in [0, 0.05) is 4.88 Å². The first-order valence-corrected chi connectivity index (χ1v) is 11.2. The van der Waals surface area contributed by atoms with Crippen molar-refractivity contribution >= 4 is 39.9 Å². The molecule has 3 heterocycles. The third-order valence-electron chi connectivity index (χ3n) is 4.77. The van der Waals surface area contributed by atoms with Crippen LogP contribution in [-0.2, 0) is 17.6 Å². The van der Waals surface area contributed by atoms with Crippen LogP contribution in [0.4, 0.5) is 5.00 Å². The Morgan fingerprint density at radius 2 is 2.19 bits per heavy atom. The van der Waals surface area contributed by atoms with Gasteiger partial charge in [0.25, 0.3) is 11.5 Å². The number of nitrogens with two attached hydrogens (primary N) is 1. The second-order valence-corrected chi connectivity index (χ2v) is 8.87. The monoisotopic (exact) mass is 455 g/mol. The number of aromatic amines is 1. The number of fused-ring (bicyclic) bond motifs is 1. The molecule has 0 aromatic carbocycles. The molecule has 0 saturated heterocycles. The predicted octanol–water partition coefficient (Wildman–Crippen LogP) is 2.67. The highest BCUT2D eigenvalue weighted by molar-refractivity contribution is 7.99. The van der Waals surface area contributed by atoms with Gasteiger partial charge < -0.3 is 20.5 Å². The number of carbonyl (C=O) groups is 2. The van der Waals surface area contributed by atoms with Gasteiger partial charge in [-0.15, -0.1) is 11.3 Å². The molecule has 2 amide bonds. The van der Waals surface area contributed by atoms with Crippen molar-refractivity contribution in [3.8, 4) is 17.5 Å². The number of nitriles is 1. The number of thioether (sulfide) groups is 1. The summed E-state index contributed by atoms with van der Waals surface area (Å²) < 4.78 is 5.25. The highest BCUT2D eigenvalue weighted by atomic mass is 32.2. The van der Waals surface area contributed by atoms with E-state index in [0.717, 1.165) is 47.9 Å². The number of aromatic nitrogens is 2. The number of hydrogen-bond acceptors (Lipinski definition) is 8. The molecular formula is C20H17N5O4S2. The van der Waals surface area contributed by atoms with Gasteiger partial charge in [-0.2, -0.15) is 5.26 Å². The lowest BCUT2D eigenvalue weighted by molar-refractivity contribution is -0.113. The van der Waals surface area contributed by atoms with Crippen molar-refractivity contribution in [2.24, 2.45) is 5.73 Å². The molecule has 0 spiro atoms. The first-order chi connectivity index (χ1) is 15.0. The van der Waals surface area contributed by atoms with Crippen molar-refractivity contribution in [3.05, 3.63) is 50.3 Å². The SMILES string of the molecule is N#Cc1c(-c2ccco2)nc(SCC(=O)Nc2sc3c(c2C(N)=O)CCCC3)[nH]c1=O. The van der Waals surface area contributed by atoms with Gasteiger partial charge in [-0.05, 0) is 43.4 Å². The minimum Gasteiger partial charge on any atom is -0.463 e. The maximum Gasteiger partial charge on any atom is 0.270 e. The van der Waals surface area contributed by atoms with Gasteiger partial charge in [0.1, 0.15) is 22.3 Å². The molecule has 1 aliphatic carbocycles. The van der Waals surface area contributed by atoms with E-state index in [1.807, 2.05) is 6.07 Å². The Hall–Kier alpha value is -3.36. The first kappa shape index (κ1) is 20.9. The van der Waals surface area contributed by atoms with Crippen molar-refractivity contribution in [1.29, 1.82) is 5.26 Å². The zero-order chi connectivity index (χ0) is 22.0. The van der Waals surface area contributed by atoms with Crippen LogP contribution in [-0.4, -0.2) is 27.5 Å². The number of rotatable bonds is 6. The zero-order valence-corrected chi connectivity index (χ0v) is 17.8. The van der Waals surface area contributed by atoms with Crippen LogP contribution >= 0.6 is 23.1 Å². The first-order valence-electron chi connectivity index (χ1n) is 9.43. The van der Waals surface area contributed by atoms with Crippen LogP contribution in [0.1, 0.15) is 39.2 Å². The van der Waals surface area contributed by atoms with Gasteiger partial charge in [0.2, 0.25) is 5.91 Å². The van der Waals surface area contributed by atoms with Crippen LogP contribution in [0.2, 0.25) is 0 Å². The Kier molecular flexibility index (Phi) is 5.92. The van der Waals surface area contributed by atoms with Gasteiger partial charge in [-0.3, -0.25) is 14.4 Å². The highest BCUT2D eigenvalue weighted by Crippen LogP contribution is 2.38. The maximum absolute atomic E-state index is 12.5. The van der Waals surface area contributed by atoms with Gasteiger partial charge in [0.05, 0.1) is 17.6 Å². The molecule has 0 atom stereocenters. The molecule has 3 aromatic rings. The molecule has 1 aliphatic rings. The number of amides is 2. The summed E-state index contributed by atoms with van der Waals surface area (Å²) in [7, 11) is 0. The molecule has 0 bridgehead atoms. The number of primary amides is 1. The minimum absolute atomic E-state index is 0.0623. The van der Waals surface area contributed by atoms with E-state index in [9.17, 15) is 19.6 Å². The Morgan fingerprint density at radius 1 is 1.39 bits per heavy atom. The van der Waals surface area contributed by atoms with E-state index in [4.69, 9.17) is 10.2 Å². The normalized spacial score (nSPS) is 12.7. The van der Waals surface area contributed by atoms with Crippen molar-refractivity contribution in [1.82, 2.24) is 9.97 Å². The number of aryl methyl sites for hydroxylation is 1. The summed E-state index contributed by atoms with van der Waals surface area (Å²) in [6, 6.07) is 5.03. The van der Waals surface area contributed by atoms with Crippen LogP contribution in [0.15, 0.2) is 32.8 Å². The Morgan fingerprint density at radius 3 is 2.90 bits per heavy atom. The maximum atomic E-state index is 12.5. The van der Waals surface area contributed by atoms with E-state index in [1.165, 1.54) is 17.6 Å². The van der Waals surface area contributed by atoms with E-state index in [0.29, 0.717) is 10.6 Å². The van der Waals surface area contributed by atoms with Gasteiger partial charge in [-0.1, -0.05) is 11.8 Å². The van der Waals surface area contributed by atoms with Crippen LogP contribution in [0.3, 0.4) is 0 Å². The third kappa shape index (κ3) is 4.26. The number of nitrogens with one attached hydrogen (secondary N) is 2. The second kappa shape index (κ2) is 8.79. The molecular weight excluding hydrogens is 438 g/mol. The fourth-order valence-electron chi connectivity index (χ4n) is 3.43. The number of furan rings is 1. The quantitative estimate of drug-likeness (QED) is 0.381. The van der Waals surface area contributed by atoms with Gasteiger partial charge in [-0.25, -0.2) is 4.98 Å². The number of H-pyrrole nitrogens is 1. The Labute approximate surface area is 184 Å². The molecule has 31 heavy (non-hydrogen) atoms. The number of anilines is 1. The number of thiophene rings is 1. The fraction of sp³-hybridized carbons (Fsp3) is 0.250. The number of hydrogen-bond donors (Lipinski definition) is 3. The molecule has 4 N–H and O–H groups in total. The van der Waals surface area contributed by atoms with Crippen molar-refractivity contribution in [2.45, 2.75) is 30.8 Å².